The number of nitrogens with zero attached hydrogens (tertiary/aromatic N) is 2. The Hall–Kier alpha value is -2.11. The fourth-order valence-corrected chi connectivity index (χ4v) is 1.57. The van der Waals surface area contributed by atoms with E-state index in [4.69, 9.17) is 5.11 Å². The summed E-state index contributed by atoms with van der Waals surface area (Å²) in [6.45, 7) is 2.68. The average Bonchev–Trinajstić information content (AvgIpc) is 2.34. The Morgan fingerprint density at radius 1 is 1.42 bits per heavy atom. The van der Waals surface area contributed by atoms with Crippen molar-refractivity contribution >= 4 is 12.0 Å². The lowest BCUT2D eigenvalue weighted by Gasteiger charge is -2.17. The van der Waals surface area contributed by atoms with Crippen LogP contribution < -0.4 is 5.32 Å². The third-order valence-corrected chi connectivity index (χ3v) is 2.54. The van der Waals surface area contributed by atoms with Crippen LogP contribution in [-0.2, 0) is 11.3 Å². The number of rotatable bonds is 6. The van der Waals surface area contributed by atoms with E-state index >= 15 is 0 Å². The number of urea groups is 1. The minimum absolute atomic E-state index is 0.0590. The van der Waals surface area contributed by atoms with Gasteiger partial charge in [0.05, 0.1) is 12.2 Å². The van der Waals surface area contributed by atoms with Crippen LogP contribution in [0.1, 0.15) is 24.2 Å². The first kappa shape index (κ1) is 14.9. The van der Waals surface area contributed by atoms with Crippen molar-refractivity contribution in [2.24, 2.45) is 0 Å². The number of hydrogen-bond donors (Lipinski definition) is 2. The van der Waals surface area contributed by atoms with Crippen molar-refractivity contribution < 1.29 is 14.7 Å². The van der Waals surface area contributed by atoms with Gasteiger partial charge in [-0.05, 0) is 25.5 Å². The van der Waals surface area contributed by atoms with Crippen molar-refractivity contribution in [3.8, 4) is 0 Å². The van der Waals surface area contributed by atoms with Gasteiger partial charge in [-0.15, -0.1) is 0 Å². The number of nitrogens with one attached hydrogen (secondary N) is 1. The number of carboxylic acids is 1. The zero-order valence-corrected chi connectivity index (χ0v) is 11.2. The third kappa shape index (κ3) is 5.85. The van der Waals surface area contributed by atoms with Gasteiger partial charge < -0.3 is 15.3 Å². The number of aliphatic carboxylic acids is 1. The maximum Gasteiger partial charge on any atom is 0.317 e. The first-order valence-electron chi connectivity index (χ1n) is 6.12. The van der Waals surface area contributed by atoms with Gasteiger partial charge in [0, 0.05) is 25.7 Å². The molecule has 0 spiro atoms. The summed E-state index contributed by atoms with van der Waals surface area (Å²) in [6.07, 6.45) is 0.487. The zero-order chi connectivity index (χ0) is 14.3. The van der Waals surface area contributed by atoms with Crippen LogP contribution in [0.5, 0.6) is 0 Å². The highest BCUT2D eigenvalue weighted by atomic mass is 16.4. The number of pyridine rings is 1. The Morgan fingerprint density at radius 3 is 2.79 bits per heavy atom. The third-order valence-electron chi connectivity index (χ3n) is 2.54. The van der Waals surface area contributed by atoms with Gasteiger partial charge in [0.2, 0.25) is 0 Å². The Balaban J connectivity index is 2.34. The quantitative estimate of drug-likeness (QED) is 0.762. The van der Waals surface area contributed by atoms with Gasteiger partial charge in [-0.25, -0.2) is 4.79 Å². The van der Waals surface area contributed by atoms with Gasteiger partial charge in [-0.2, -0.15) is 0 Å². The molecule has 0 saturated carbocycles. The molecule has 0 aliphatic carbocycles. The number of carbonyl (C=O) groups excluding carboxylic acids is 1. The maximum absolute atomic E-state index is 11.7. The second kappa shape index (κ2) is 7.35. The number of hydrogen-bond acceptors (Lipinski definition) is 3. The molecule has 1 aromatic heterocycles. The Labute approximate surface area is 112 Å². The molecular formula is C13H19N3O3. The second-order valence-electron chi connectivity index (χ2n) is 4.36. The number of carboxylic acid groups (broad SMARTS) is 1. The molecule has 0 unspecified atom stereocenters. The highest BCUT2D eigenvalue weighted by molar-refractivity contribution is 5.73. The van der Waals surface area contributed by atoms with Crippen molar-refractivity contribution in [1.29, 1.82) is 0 Å². The van der Waals surface area contributed by atoms with Crippen LogP contribution in [0.2, 0.25) is 0 Å². The number of carbonyl (C=O) groups is 2. The fraction of sp³-hybridized carbons (Fsp3) is 0.462. The van der Waals surface area contributed by atoms with E-state index in [1.807, 2.05) is 25.1 Å². The number of amides is 2. The van der Waals surface area contributed by atoms with Crippen molar-refractivity contribution in [2.45, 2.75) is 26.3 Å². The van der Waals surface area contributed by atoms with Gasteiger partial charge >= 0.3 is 12.0 Å². The van der Waals surface area contributed by atoms with E-state index in [9.17, 15) is 9.59 Å². The molecule has 1 rings (SSSR count). The van der Waals surface area contributed by atoms with Crippen LogP contribution in [0.4, 0.5) is 4.79 Å². The minimum Gasteiger partial charge on any atom is -0.481 e. The monoisotopic (exact) mass is 265 g/mol. The highest BCUT2D eigenvalue weighted by Crippen LogP contribution is 2.02. The molecule has 6 heteroatoms. The molecule has 0 atom stereocenters. The Kier molecular flexibility index (Phi) is 5.78. The topological polar surface area (TPSA) is 82.5 Å². The van der Waals surface area contributed by atoms with Crippen LogP contribution in [0, 0.1) is 6.92 Å². The van der Waals surface area contributed by atoms with Gasteiger partial charge in [0.15, 0.2) is 0 Å². The zero-order valence-electron chi connectivity index (χ0n) is 11.2. The molecule has 0 radical (unpaired) electrons. The summed E-state index contributed by atoms with van der Waals surface area (Å²) in [5.74, 6) is -0.855. The molecule has 0 aliphatic rings. The van der Waals surface area contributed by atoms with E-state index in [1.54, 1.807) is 7.05 Å². The lowest BCUT2D eigenvalue weighted by molar-refractivity contribution is -0.137. The molecule has 0 fully saturated rings. The summed E-state index contributed by atoms with van der Waals surface area (Å²) in [5, 5.41) is 11.1. The van der Waals surface area contributed by atoms with Gasteiger partial charge in [0.25, 0.3) is 0 Å². The fourth-order valence-electron chi connectivity index (χ4n) is 1.57. The molecule has 2 amide bonds. The molecule has 0 aliphatic heterocycles. The molecule has 1 heterocycles. The Morgan fingerprint density at radius 2 is 2.16 bits per heavy atom. The molecule has 2 N–H and O–H groups in total. The van der Waals surface area contributed by atoms with Crippen molar-refractivity contribution in [1.82, 2.24) is 15.2 Å². The summed E-state index contributed by atoms with van der Waals surface area (Å²) in [6, 6.07) is 5.43. The summed E-state index contributed by atoms with van der Waals surface area (Å²) >= 11 is 0. The molecule has 19 heavy (non-hydrogen) atoms. The summed E-state index contributed by atoms with van der Waals surface area (Å²) in [5.41, 5.74) is 1.73. The number of aromatic nitrogens is 1. The molecule has 0 aromatic carbocycles. The molecule has 1 aromatic rings. The smallest absolute Gasteiger partial charge is 0.317 e. The van der Waals surface area contributed by atoms with E-state index < -0.39 is 5.97 Å². The summed E-state index contributed by atoms with van der Waals surface area (Å²) in [4.78, 5) is 27.9. The van der Waals surface area contributed by atoms with E-state index in [0.29, 0.717) is 19.5 Å². The van der Waals surface area contributed by atoms with Crippen LogP contribution in [0.3, 0.4) is 0 Å². The Bertz CT molecular complexity index is 449. The molecule has 0 bridgehead atoms. The van der Waals surface area contributed by atoms with E-state index in [2.05, 4.69) is 10.3 Å². The van der Waals surface area contributed by atoms with Crippen LogP contribution >= 0.6 is 0 Å². The lowest BCUT2D eigenvalue weighted by Crippen LogP contribution is -2.37. The highest BCUT2D eigenvalue weighted by Gasteiger charge is 2.09. The molecular weight excluding hydrogens is 246 g/mol. The van der Waals surface area contributed by atoms with Crippen molar-refractivity contribution in [2.75, 3.05) is 13.6 Å². The van der Waals surface area contributed by atoms with Crippen LogP contribution in [0.15, 0.2) is 18.2 Å². The SMILES string of the molecule is Cc1cccc(CN(C)C(=O)NCCCC(=O)O)n1. The summed E-state index contributed by atoms with van der Waals surface area (Å²) < 4.78 is 0. The van der Waals surface area contributed by atoms with Gasteiger partial charge in [0.1, 0.15) is 0 Å². The maximum atomic E-state index is 11.7. The predicted octanol–water partition coefficient (Wildman–Crippen LogP) is 1.40. The van der Waals surface area contributed by atoms with E-state index in [-0.39, 0.29) is 12.5 Å². The first-order chi connectivity index (χ1) is 8.99. The van der Waals surface area contributed by atoms with Crippen LogP contribution in [-0.4, -0.2) is 40.6 Å². The predicted molar refractivity (Wildman–Crippen MR) is 70.7 cm³/mol. The minimum atomic E-state index is -0.855. The average molecular weight is 265 g/mol. The number of aryl methyl sites for hydroxylation is 1. The lowest BCUT2D eigenvalue weighted by atomic mass is 10.3. The van der Waals surface area contributed by atoms with Crippen molar-refractivity contribution in [3.05, 3.63) is 29.6 Å². The normalized spacial score (nSPS) is 10.0. The largest absolute Gasteiger partial charge is 0.481 e. The van der Waals surface area contributed by atoms with Crippen molar-refractivity contribution in [3.63, 3.8) is 0 Å². The van der Waals surface area contributed by atoms with Gasteiger partial charge in [-0.3, -0.25) is 9.78 Å². The van der Waals surface area contributed by atoms with Crippen LogP contribution in [0.25, 0.3) is 0 Å². The first-order valence-corrected chi connectivity index (χ1v) is 6.12. The van der Waals surface area contributed by atoms with E-state index in [1.165, 1.54) is 4.90 Å². The van der Waals surface area contributed by atoms with E-state index in [0.717, 1.165) is 11.4 Å². The van der Waals surface area contributed by atoms with Gasteiger partial charge in [-0.1, -0.05) is 6.07 Å². The standard InChI is InChI=1S/C13H19N3O3/c1-10-5-3-6-11(15-10)9-16(2)13(19)14-8-4-7-12(17)18/h3,5-6H,4,7-9H2,1-2H3,(H,14,19)(H,17,18). The molecule has 0 saturated heterocycles. The molecule has 6 nitrogen and oxygen atoms in total. The summed E-state index contributed by atoms with van der Waals surface area (Å²) in [7, 11) is 1.68. The molecule has 104 valence electrons. The second-order valence-corrected chi connectivity index (χ2v) is 4.36.